The number of rotatable bonds is 7. The van der Waals surface area contributed by atoms with E-state index >= 15 is 0 Å². The molecular formula is C64H42N2. The van der Waals surface area contributed by atoms with Crippen molar-refractivity contribution in [3.05, 3.63) is 255 Å². The maximum atomic E-state index is 2.38. The molecule has 308 valence electrons. The van der Waals surface area contributed by atoms with E-state index < -0.39 is 0 Å². The summed E-state index contributed by atoms with van der Waals surface area (Å²) < 4.78 is 2.38. The van der Waals surface area contributed by atoms with E-state index in [0.29, 0.717) is 0 Å². The molecule has 0 aliphatic heterocycles. The Labute approximate surface area is 383 Å². The predicted molar refractivity (Wildman–Crippen MR) is 282 cm³/mol. The molecule has 0 unspecified atom stereocenters. The minimum absolute atomic E-state index is 1.08. The van der Waals surface area contributed by atoms with Crippen LogP contribution in [0.4, 0.5) is 17.1 Å². The SMILES string of the molecule is c1ccc(-c2ccc(-c3ccc(N(c4ccc(-c5ccc6c7ccccc7c7ccccc7c6c5)cc4)c4ccc(-n5c6ccccc6c6ccccc65)cc4)cc3)c3ccccc23)cc1. The van der Waals surface area contributed by atoms with Crippen molar-refractivity contribution in [1.29, 1.82) is 0 Å². The lowest BCUT2D eigenvalue weighted by molar-refractivity contribution is 1.17. The summed E-state index contributed by atoms with van der Waals surface area (Å²) in [6, 6.07) is 93.1. The second-order valence-corrected chi connectivity index (χ2v) is 17.2. The average Bonchev–Trinajstić information content (AvgIpc) is 3.74. The molecule has 0 aliphatic carbocycles. The highest BCUT2D eigenvalue weighted by Gasteiger charge is 2.18. The van der Waals surface area contributed by atoms with Gasteiger partial charge in [0.15, 0.2) is 0 Å². The van der Waals surface area contributed by atoms with E-state index in [-0.39, 0.29) is 0 Å². The molecule has 0 radical (unpaired) electrons. The van der Waals surface area contributed by atoms with Crippen LogP contribution in [0.15, 0.2) is 255 Å². The Balaban J connectivity index is 0.914. The lowest BCUT2D eigenvalue weighted by Crippen LogP contribution is -2.10. The van der Waals surface area contributed by atoms with Crippen molar-refractivity contribution in [1.82, 2.24) is 4.57 Å². The van der Waals surface area contributed by atoms with Crippen LogP contribution in [0.1, 0.15) is 0 Å². The number of aromatic nitrogens is 1. The standard InChI is InChI=1S/C64H42N2/c1-2-14-44(15-3-1)51-40-41-52(54-17-5-4-16-53(51)54)45-28-33-48(34-29-45)65(49-35-37-50(38-36-49)66-63-24-12-10-22-60(63)61-23-11-13-25-64(61)66)47-31-26-43(27-32-47)46-30-39-59-57-20-7-6-18-55(57)56-19-8-9-21-58(56)62(59)42-46/h1-42H. The summed E-state index contributed by atoms with van der Waals surface area (Å²) >= 11 is 0. The summed E-state index contributed by atoms with van der Waals surface area (Å²) in [6.07, 6.45) is 0. The van der Waals surface area contributed by atoms with Gasteiger partial charge >= 0.3 is 0 Å². The number of anilines is 3. The first-order valence-corrected chi connectivity index (χ1v) is 22.8. The Morgan fingerprint density at radius 1 is 0.227 bits per heavy atom. The van der Waals surface area contributed by atoms with Gasteiger partial charge in [0.1, 0.15) is 0 Å². The van der Waals surface area contributed by atoms with E-state index in [1.54, 1.807) is 0 Å². The van der Waals surface area contributed by atoms with Gasteiger partial charge in [0.2, 0.25) is 0 Å². The van der Waals surface area contributed by atoms with Crippen molar-refractivity contribution < 1.29 is 0 Å². The molecule has 0 atom stereocenters. The molecule has 13 aromatic rings. The second kappa shape index (κ2) is 15.5. The van der Waals surface area contributed by atoms with Gasteiger partial charge in [0.25, 0.3) is 0 Å². The van der Waals surface area contributed by atoms with Crippen LogP contribution >= 0.6 is 0 Å². The van der Waals surface area contributed by atoms with Crippen LogP contribution in [0.2, 0.25) is 0 Å². The smallest absolute Gasteiger partial charge is 0.0541 e. The van der Waals surface area contributed by atoms with Gasteiger partial charge in [-0.1, -0.05) is 188 Å². The highest BCUT2D eigenvalue weighted by molar-refractivity contribution is 6.25. The molecule has 0 fully saturated rings. The maximum absolute atomic E-state index is 2.38. The number of benzene rings is 12. The van der Waals surface area contributed by atoms with Gasteiger partial charge in [-0.05, 0) is 143 Å². The molecule has 0 amide bonds. The number of fused-ring (bicyclic) bond motifs is 10. The molecule has 0 aliphatic rings. The third-order valence-corrected chi connectivity index (χ3v) is 13.6. The molecule has 0 spiro atoms. The molecule has 0 saturated carbocycles. The van der Waals surface area contributed by atoms with Crippen LogP contribution in [0.3, 0.4) is 0 Å². The highest BCUT2D eigenvalue weighted by atomic mass is 15.1. The third-order valence-electron chi connectivity index (χ3n) is 13.6. The van der Waals surface area contributed by atoms with Gasteiger partial charge in [-0.2, -0.15) is 0 Å². The van der Waals surface area contributed by atoms with Crippen LogP contribution in [-0.2, 0) is 0 Å². The van der Waals surface area contributed by atoms with Gasteiger partial charge in [0.05, 0.1) is 11.0 Å². The van der Waals surface area contributed by atoms with Gasteiger partial charge in [-0.15, -0.1) is 0 Å². The zero-order chi connectivity index (χ0) is 43.6. The zero-order valence-electron chi connectivity index (χ0n) is 36.1. The lowest BCUT2D eigenvalue weighted by atomic mass is 9.92. The summed E-state index contributed by atoms with van der Waals surface area (Å²) in [5.74, 6) is 0. The first kappa shape index (κ1) is 37.8. The molecule has 1 aromatic heterocycles. The number of para-hydroxylation sites is 2. The van der Waals surface area contributed by atoms with Crippen molar-refractivity contribution in [3.63, 3.8) is 0 Å². The Morgan fingerprint density at radius 2 is 0.591 bits per heavy atom. The second-order valence-electron chi connectivity index (χ2n) is 17.2. The Morgan fingerprint density at radius 3 is 1.11 bits per heavy atom. The van der Waals surface area contributed by atoms with Crippen molar-refractivity contribution in [2.45, 2.75) is 0 Å². The summed E-state index contributed by atoms with van der Waals surface area (Å²) in [5, 5.41) is 12.7. The van der Waals surface area contributed by atoms with Crippen LogP contribution in [0.5, 0.6) is 0 Å². The topological polar surface area (TPSA) is 8.17 Å². The minimum atomic E-state index is 1.08. The number of hydrogen-bond donors (Lipinski definition) is 0. The molecule has 66 heavy (non-hydrogen) atoms. The first-order chi connectivity index (χ1) is 32.7. The van der Waals surface area contributed by atoms with Crippen LogP contribution in [0, 0.1) is 0 Å². The van der Waals surface area contributed by atoms with Crippen molar-refractivity contribution in [3.8, 4) is 39.1 Å². The lowest BCUT2D eigenvalue weighted by Gasteiger charge is -2.26. The summed E-state index contributed by atoms with van der Waals surface area (Å²) in [7, 11) is 0. The normalized spacial score (nSPS) is 11.6. The van der Waals surface area contributed by atoms with E-state index in [1.165, 1.54) is 98.3 Å². The molecular weight excluding hydrogens is 797 g/mol. The molecule has 0 N–H and O–H groups in total. The number of hydrogen-bond acceptors (Lipinski definition) is 1. The Kier molecular flexibility index (Phi) is 8.89. The predicted octanol–water partition coefficient (Wildman–Crippen LogP) is 17.9. The van der Waals surface area contributed by atoms with Gasteiger partial charge < -0.3 is 9.47 Å². The van der Waals surface area contributed by atoms with E-state index in [1.807, 2.05) is 0 Å². The fraction of sp³-hybridized carbons (Fsp3) is 0. The molecule has 2 nitrogen and oxygen atoms in total. The molecule has 2 heteroatoms. The van der Waals surface area contributed by atoms with Crippen LogP contribution in [-0.4, -0.2) is 4.57 Å². The zero-order valence-corrected chi connectivity index (χ0v) is 36.1. The molecule has 0 bridgehead atoms. The van der Waals surface area contributed by atoms with E-state index in [2.05, 4.69) is 264 Å². The third kappa shape index (κ3) is 6.18. The van der Waals surface area contributed by atoms with Crippen molar-refractivity contribution in [2.24, 2.45) is 0 Å². The summed E-state index contributed by atoms with van der Waals surface area (Å²) in [6.45, 7) is 0. The first-order valence-electron chi connectivity index (χ1n) is 22.8. The maximum Gasteiger partial charge on any atom is 0.0541 e. The average molecular weight is 839 g/mol. The Bertz CT molecular complexity index is 3870. The largest absolute Gasteiger partial charge is 0.311 e. The van der Waals surface area contributed by atoms with E-state index in [0.717, 1.165) is 22.7 Å². The van der Waals surface area contributed by atoms with Crippen LogP contribution < -0.4 is 4.90 Å². The fourth-order valence-electron chi connectivity index (χ4n) is 10.5. The highest BCUT2D eigenvalue weighted by Crippen LogP contribution is 2.42. The number of nitrogens with zero attached hydrogens (tertiary/aromatic N) is 2. The quantitative estimate of drug-likeness (QED) is 0.145. The van der Waals surface area contributed by atoms with E-state index in [9.17, 15) is 0 Å². The van der Waals surface area contributed by atoms with Crippen LogP contribution in [0.25, 0.3) is 104 Å². The summed E-state index contributed by atoms with van der Waals surface area (Å²) in [4.78, 5) is 2.37. The molecule has 13 rings (SSSR count). The van der Waals surface area contributed by atoms with Crippen molar-refractivity contribution in [2.75, 3.05) is 4.90 Å². The minimum Gasteiger partial charge on any atom is -0.311 e. The monoisotopic (exact) mass is 838 g/mol. The molecule has 1 heterocycles. The van der Waals surface area contributed by atoms with Gasteiger partial charge in [-0.3, -0.25) is 0 Å². The fourth-order valence-corrected chi connectivity index (χ4v) is 10.5. The molecule has 12 aromatic carbocycles. The van der Waals surface area contributed by atoms with Gasteiger partial charge in [-0.25, -0.2) is 0 Å². The van der Waals surface area contributed by atoms with Gasteiger partial charge in [0, 0.05) is 33.5 Å². The molecule has 0 saturated heterocycles. The summed E-state index contributed by atoms with van der Waals surface area (Å²) in [5.41, 5.74) is 14.1. The van der Waals surface area contributed by atoms with E-state index in [4.69, 9.17) is 0 Å². The van der Waals surface area contributed by atoms with Crippen molar-refractivity contribution >= 4 is 82.0 Å². The Hall–Kier alpha value is -8.72.